The molecular formula is C9H4F2N2OS. The first kappa shape index (κ1) is 11.2. The number of hydrogen-bond acceptors (Lipinski definition) is 4. The summed E-state index contributed by atoms with van der Waals surface area (Å²) in [4.78, 5) is 3.61. The Morgan fingerprint density at radius 2 is 2.20 bits per heavy atom. The zero-order valence-corrected chi connectivity index (χ0v) is 8.09. The van der Waals surface area contributed by atoms with Crippen LogP contribution in [0, 0.1) is 11.3 Å². The monoisotopic (exact) mass is 226 g/mol. The van der Waals surface area contributed by atoms with Crippen LogP contribution < -0.4 is 4.74 Å². The van der Waals surface area contributed by atoms with Crippen LogP contribution in [-0.4, -0.2) is 11.8 Å². The Hall–Kier alpha value is -1.83. The molecule has 0 N–H and O–H groups in total. The van der Waals surface area contributed by atoms with E-state index in [-0.39, 0.29) is 11.3 Å². The summed E-state index contributed by atoms with van der Waals surface area (Å²) in [5.74, 6) is -0.184. The van der Waals surface area contributed by atoms with E-state index < -0.39 is 6.61 Å². The van der Waals surface area contributed by atoms with Gasteiger partial charge in [-0.15, -0.1) is 0 Å². The Bertz CT molecular complexity index is 450. The van der Waals surface area contributed by atoms with Crippen LogP contribution in [0.1, 0.15) is 5.56 Å². The first-order chi connectivity index (χ1) is 7.17. The molecule has 0 bridgehead atoms. The number of halogens is 2. The maximum absolute atomic E-state index is 11.9. The van der Waals surface area contributed by atoms with Crippen LogP contribution in [0.25, 0.3) is 0 Å². The topological polar surface area (TPSA) is 45.4 Å². The van der Waals surface area contributed by atoms with Gasteiger partial charge in [0.15, 0.2) is 0 Å². The molecule has 0 amide bonds. The molecule has 0 aromatic heterocycles. The largest absolute Gasteiger partial charge is 0.433 e. The maximum Gasteiger partial charge on any atom is 0.387 e. The van der Waals surface area contributed by atoms with E-state index in [1.54, 1.807) is 6.07 Å². The fourth-order valence-corrected chi connectivity index (χ4v) is 1.03. The summed E-state index contributed by atoms with van der Waals surface area (Å²) in [6.07, 6.45) is 0. The van der Waals surface area contributed by atoms with Crippen LogP contribution in [0.4, 0.5) is 14.5 Å². The fourth-order valence-electron chi connectivity index (χ4n) is 0.926. The minimum atomic E-state index is -2.96. The summed E-state index contributed by atoms with van der Waals surface area (Å²) in [5, 5.41) is 10.8. The maximum atomic E-state index is 11.9. The van der Waals surface area contributed by atoms with Gasteiger partial charge in [0.25, 0.3) is 0 Å². The Morgan fingerprint density at radius 1 is 1.47 bits per heavy atom. The number of rotatable bonds is 3. The van der Waals surface area contributed by atoms with E-state index in [1.165, 1.54) is 18.2 Å². The van der Waals surface area contributed by atoms with E-state index in [1.807, 2.05) is 0 Å². The molecule has 76 valence electrons. The second-order valence-electron chi connectivity index (χ2n) is 2.37. The summed E-state index contributed by atoms with van der Waals surface area (Å²) in [5.41, 5.74) is 0.338. The van der Waals surface area contributed by atoms with Crippen LogP contribution in [-0.2, 0) is 0 Å². The first-order valence-corrected chi connectivity index (χ1v) is 4.15. The number of nitrogens with zero attached hydrogens (tertiary/aromatic N) is 2. The van der Waals surface area contributed by atoms with Crippen molar-refractivity contribution in [2.75, 3.05) is 0 Å². The standard InChI is InChI=1S/C9H4F2N2OS/c10-9(11)14-8-2-1-7(13-5-15)3-6(8)4-12/h1-3,9H. The number of hydrogen-bond donors (Lipinski definition) is 0. The average Bonchev–Trinajstić information content (AvgIpc) is 2.20. The van der Waals surface area contributed by atoms with Crippen molar-refractivity contribution in [2.24, 2.45) is 4.99 Å². The number of nitriles is 1. The third-order valence-corrected chi connectivity index (χ3v) is 1.57. The molecule has 0 heterocycles. The number of alkyl halides is 2. The summed E-state index contributed by atoms with van der Waals surface area (Å²) < 4.78 is 27.9. The number of benzene rings is 1. The second kappa shape index (κ2) is 5.15. The molecule has 0 radical (unpaired) electrons. The van der Waals surface area contributed by atoms with Gasteiger partial charge in [-0.2, -0.15) is 19.0 Å². The second-order valence-corrected chi connectivity index (χ2v) is 2.56. The molecule has 3 nitrogen and oxygen atoms in total. The summed E-state index contributed by atoms with van der Waals surface area (Å²) in [7, 11) is 0. The van der Waals surface area contributed by atoms with Crippen molar-refractivity contribution in [1.29, 1.82) is 5.26 Å². The Kier molecular flexibility index (Phi) is 3.86. The first-order valence-electron chi connectivity index (χ1n) is 3.74. The molecule has 1 aromatic carbocycles. The molecule has 0 unspecified atom stereocenters. The van der Waals surface area contributed by atoms with Gasteiger partial charge in [-0.05, 0) is 30.4 Å². The van der Waals surface area contributed by atoms with Gasteiger partial charge < -0.3 is 4.74 Å². The van der Waals surface area contributed by atoms with E-state index in [0.29, 0.717) is 5.69 Å². The number of thiocarbonyl (C=S) groups is 1. The lowest BCUT2D eigenvalue weighted by atomic mass is 10.2. The quantitative estimate of drug-likeness (QED) is 0.588. The van der Waals surface area contributed by atoms with E-state index >= 15 is 0 Å². The molecule has 0 aliphatic carbocycles. The van der Waals surface area contributed by atoms with Crippen molar-refractivity contribution in [3.8, 4) is 11.8 Å². The van der Waals surface area contributed by atoms with E-state index in [0.717, 1.165) is 0 Å². The normalized spacial score (nSPS) is 9.20. The molecule has 0 spiro atoms. The van der Waals surface area contributed by atoms with Crippen molar-refractivity contribution in [2.45, 2.75) is 6.61 Å². The summed E-state index contributed by atoms with van der Waals surface area (Å²) in [6, 6.07) is 5.64. The van der Waals surface area contributed by atoms with Crippen molar-refractivity contribution in [1.82, 2.24) is 0 Å². The predicted octanol–water partition coefficient (Wildman–Crippen LogP) is 2.89. The highest BCUT2D eigenvalue weighted by Gasteiger charge is 2.09. The molecule has 0 aliphatic heterocycles. The third-order valence-electron chi connectivity index (χ3n) is 1.47. The minimum absolute atomic E-state index is 0.0261. The number of isothiocyanates is 1. The van der Waals surface area contributed by atoms with E-state index in [4.69, 9.17) is 5.26 Å². The van der Waals surface area contributed by atoms with Gasteiger partial charge in [0.05, 0.1) is 16.4 Å². The highest BCUT2D eigenvalue weighted by Crippen LogP contribution is 2.24. The van der Waals surface area contributed by atoms with Crippen molar-refractivity contribution in [3.05, 3.63) is 23.8 Å². The van der Waals surface area contributed by atoms with Crippen LogP contribution in [0.2, 0.25) is 0 Å². The van der Waals surface area contributed by atoms with Crippen LogP contribution in [0.3, 0.4) is 0 Å². The average molecular weight is 226 g/mol. The molecule has 15 heavy (non-hydrogen) atoms. The molecule has 0 atom stereocenters. The SMILES string of the molecule is N#Cc1cc(N=C=S)ccc1OC(F)F. The van der Waals surface area contributed by atoms with Crippen molar-refractivity contribution < 1.29 is 13.5 Å². The van der Waals surface area contributed by atoms with Crippen LogP contribution in [0.5, 0.6) is 5.75 Å². The lowest BCUT2D eigenvalue weighted by Crippen LogP contribution is -2.03. The highest BCUT2D eigenvalue weighted by molar-refractivity contribution is 7.78. The minimum Gasteiger partial charge on any atom is -0.433 e. The Morgan fingerprint density at radius 3 is 2.73 bits per heavy atom. The van der Waals surface area contributed by atoms with Gasteiger partial charge in [-0.3, -0.25) is 0 Å². The molecule has 1 aromatic rings. The molecule has 6 heteroatoms. The molecule has 0 aliphatic rings. The smallest absolute Gasteiger partial charge is 0.387 e. The number of ether oxygens (including phenoxy) is 1. The molecular weight excluding hydrogens is 222 g/mol. The van der Waals surface area contributed by atoms with Crippen LogP contribution >= 0.6 is 12.2 Å². The Balaban J connectivity index is 3.10. The van der Waals surface area contributed by atoms with E-state index in [9.17, 15) is 8.78 Å². The third kappa shape index (κ3) is 3.09. The van der Waals surface area contributed by atoms with Crippen molar-refractivity contribution in [3.63, 3.8) is 0 Å². The zero-order chi connectivity index (χ0) is 11.3. The molecule has 0 fully saturated rings. The van der Waals surface area contributed by atoms with Gasteiger partial charge in [0.2, 0.25) is 0 Å². The van der Waals surface area contributed by atoms with Gasteiger partial charge in [0, 0.05) is 0 Å². The van der Waals surface area contributed by atoms with Gasteiger partial charge in [-0.1, -0.05) is 0 Å². The molecule has 0 saturated heterocycles. The number of aliphatic imine (C=N–C) groups is 1. The highest BCUT2D eigenvalue weighted by atomic mass is 32.1. The van der Waals surface area contributed by atoms with E-state index in [2.05, 4.69) is 27.1 Å². The molecule has 1 rings (SSSR count). The van der Waals surface area contributed by atoms with Gasteiger partial charge >= 0.3 is 6.61 Å². The molecule has 0 saturated carbocycles. The summed E-state index contributed by atoms with van der Waals surface area (Å²) >= 11 is 4.37. The lowest BCUT2D eigenvalue weighted by molar-refractivity contribution is -0.0500. The van der Waals surface area contributed by atoms with Crippen molar-refractivity contribution >= 4 is 23.1 Å². The zero-order valence-electron chi connectivity index (χ0n) is 7.28. The Labute approximate surface area is 89.6 Å². The lowest BCUT2D eigenvalue weighted by Gasteiger charge is -2.05. The summed E-state index contributed by atoms with van der Waals surface area (Å²) in [6.45, 7) is -2.96. The fraction of sp³-hybridized carbons (Fsp3) is 0.111. The predicted molar refractivity (Wildman–Crippen MR) is 52.5 cm³/mol. The van der Waals surface area contributed by atoms with Gasteiger partial charge in [-0.25, -0.2) is 0 Å². The van der Waals surface area contributed by atoms with Gasteiger partial charge in [0.1, 0.15) is 11.8 Å². The van der Waals surface area contributed by atoms with Crippen LogP contribution in [0.15, 0.2) is 23.2 Å².